The number of carbonyl (C=O) groups excluding carboxylic acids is 3. The van der Waals surface area contributed by atoms with E-state index in [0.717, 1.165) is 11.8 Å². The van der Waals surface area contributed by atoms with Crippen LogP contribution in [0, 0.1) is 12.8 Å². The summed E-state index contributed by atoms with van der Waals surface area (Å²) in [6, 6.07) is 23.9. The molecule has 35 heavy (non-hydrogen) atoms. The first-order chi connectivity index (χ1) is 16.8. The van der Waals surface area contributed by atoms with Crippen LogP contribution in [-0.4, -0.2) is 34.2 Å². The highest BCUT2D eigenvalue weighted by Gasteiger charge is 2.41. The maximum atomic E-state index is 13.1. The zero-order valence-corrected chi connectivity index (χ0v) is 19.5. The molecule has 0 saturated carbocycles. The van der Waals surface area contributed by atoms with Gasteiger partial charge in [-0.05, 0) is 42.4 Å². The topological polar surface area (TPSA) is 111 Å². The van der Waals surface area contributed by atoms with Gasteiger partial charge >= 0.3 is 0 Å². The second kappa shape index (κ2) is 9.96. The molecule has 0 aliphatic carbocycles. The zero-order chi connectivity index (χ0) is 25.0. The molecule has 1 fully saturated rings. The van der Waals surface area contributed by atoms with Gasteiger partial charge in [-0.15, -0.1) is 0 Å². The molecule has 9 heteroatoms. The Balaban J connectivity index is 1.57. The Bertz CT molecular complexity index is 1250. The molecule has 3 amide bonds. The van der Waals surface area contributed by atoms with Crippen LogP contribution >= 0.6 is 12.2 Å². The minimum Gasteiger partial charge on any atom is -0.372 e. The summed E-state index contributed by atoms with van der Waals surface area (Å²) >= 11 is 5.19. The predicted molar refractivity (Wildman–Crippen MR) is 135 cm³/mol. The molecule has 1 atom stereocenters. The monoisotopic (exact) mass is 486 g/mol. The van der Waals surface area contributed by atoms with Crippen molar-refractivity contribution in [3.63, 3.8) is 0 Å². The molecule has 1 saturated heterocycles. The van der Waals surface area contributed by atoms with Gasteiger partial charge in [0.2, 0.25) is 5.91 Å². The third-order valence-electron chi connectivity index (χ3n) is 5.60. The second-order valence-corrected chi connectivity index (χ2v) is 8.33. The fourth-order valence-corrected chi connectivity index (χ4v) is 4.00. The second-order valence-electron chi connectivity index (χ2n) is 7.94. The van der Waals surface area contributed by atoms with Gasteiger partial charge in [0.25, 0.3) is 11.8 Å². The molecule has 1 heterocycles. The lowest BCUT2D eigenvalue weighted by Crippen LogP contribution is -2.58. The van der Waals surface area contributed by atoms with Crippen LogP contribution in [0.2, 0.25) is 0 Å². The summed E-state index contributed by atoms with van der Waals surface area (Å²) in [5, 5.41) is 17.7. The van der Waals surface area contributed by atoms with Gasteiger partial charge in [0.1, 0.15) is 0 Å². The number of thiocarbonyl (C=S) groups is 1. The van der Waals surface area contributed by atoms with Crippen LogP contribution in [0.5, 0.6) is 0 Å². The number of hydrazone groups is 1. The largest absolute Gasteiger partial charge is 0.372 e. The smallest absolute Gasteiger partial charge is 0.281 e. The molecule has 4 rings (SSSR count). The normalized spacial score (nSPS) is 16.3. The molecule has 3 N–H and O–H groups in total. The fraction of sp³-hybridized carbons (Fsp3) is 0.115. The molecule has 0 radical (unpaired) electrons. The molecule has 3 aromatic rings. The lowest BCUT2D eigenvalue weighted by molar-refractivity contribution is -0.137. The number of amides is 3. The third kappa shape index (κ3) is 4.72. The third-order valence-corrected chi connectivity index (χ3v) is 5.88. The van der Waals surface area contributed by atoms with E-state index in [1.54, 1.807) is 72.8 Å². The summed E-state index contributed by atoms with van der Waals surface area (Å²) in [7, 11) is 0. The van der Waals surface area contributed by atoms with Crippen LogP contribution in [0.4, 0.5) is 5.69 Å². The van der Waals surface area contributed by atoms with Crippen molar-refractivity contribution in [2.45, 2.75) is 12.5 Å². The summed E-state index contributed by atoms with van der Waals surface area (Å²) in [4.78, 5) is 39.9. The van der Waals surface area contributed by atoms with Gasteiger partial charge in [0, 0.05) is 6.21 Å². The first kappa shape index (κ1) is 23.9. The number of aliphatic hydroxyl groups is 1. The molecule has 0 aromatic heterocycles. The minimum absolute atomic E-state index is 0.0416. The highest BCUT2D eigenvalue weighted by atomic mass is 32.1. The number of hydrogen-bond acceptors (Lipinski definition) is 6. The van der Waals surface area contributed by atoms with E-state index in [2.05, 4.69) is 15.8 Å². The highest BCUT2D eigenvalue weighted by molar-refractivity contribution is 7.80. The fourth-order valence-electron chi connectivity index (χ4n) is 3.70. The number of anilines is 1. The average Bonchev–Trinajstić information content (AvgIpc) is 2.87. The van der Waals surface area contributed by atoms with Crippen LogP contribution < -0.4 is 15.6 Å². The van der Waals surface area contributed by atoms with Crippen molar-refractivity contribution in [2.24, 2.45) is 11.0 Å². The quantitative estimate of drug-likeness (QED) is 0.214. The molecule has 1 aliphatic heterocycles. The summed E-state index contributed by atoms with van der Waals surface area (Å²) in [6.45, 7) is 1.91. The summed E-state index contributed by atoms with van der Waals surface area (Å²) in [5.41, 5.74) is 2.39. The van der Waals surface area contributed by atoms with Gasteiger partial charge in [-0.2, -0.15) is 5.10 Å². The number of hydrogen-bond donors (Lipinski definition) is 3. The number of benzene rings is 3. The Labute approximate surface area is 207 Å². The Morgan fingerprint density at radius 3 is 2.09 bits per heavy atom. The number of nitrogens with zero attached hydrogens (tertiary/aromatic N) is 2. The first-order valence-corrected chi connectivity index (χ1v) is 11.2. The van der Waals surface area contributed by atoms with Gasteiger partial charge in [-0.3, -0.25) is 19.3 Å². The van der Waals surface area contributed by atoms with Gasteiger partial charge in [-0.25, -0.2) is 5.43 Å². The van der Waals surface area contributed by atoms with Gasteiger partial charge in [-0.1, -0.05) is 78.4 Å². The molecule has 8 nitrogen and oxygen atoms in total. The SMILES string of the molecule is Cc1ccc(N2C(=O)[C@H](/C=N/NC(=O)C(O)(c3ccccc3)c3ccccc3)C(=O)NC2=S)cc1. The van der Waals surface area contributed by atoms with Gasteiger partial charge < -0.3 is 10.4 Å². The van der Waals surface area contributed by atoms with Crippen molar-refractivity contribution < 1.29 is 19.5 Å². The molecular formula is C26H22N4O4S. The van der Waals surface area contributed by atoms with Crippen LogP contribution in [0.1, 0.15) is 16.7 Å². The van der Waals surface area contributed by atoms with E-state index in [1.807, 2.05) is 19.1 Å². The standard InChI is InChI=1S/C26H22N4O4S/c1-17-12-14-20(15-13-17)30-23(32)21(22(31)28-25(30)35)16-27-29-24(33)26(34,18-8-4-2-5-9-18)19-10-6-3-7-11-19/h2-16,21,34H,1H3,(H,29,33)(H,28,31,35)/b27-16+/t21-/m1/s1. The van der Waals surface area contributed by atoms with Crippen molar-refractivity contribution in [1.29, 1.82) is 0 Å². The Hall–Kier alpha value is -4.21. The number of rotatable bonds is 6. The Morgan fingerprint density at radius 2 is 1.54 bits per heavy atom. The number of nitrogens with one attached hydrogen (secondary N) is 2. The van der Waals surface area contributed by atoms with Gasteiger partial charge in [0.15, 0.2) is 16.6 Å². The van der Waals surface area contributed by atoms with E-state index < -0.39 is 29.2 Å². The van der Waals surface area contributed by atoms with E-state index in [9.17, 15) is 19.5 Å². The van der Waals surface area contributed by atoms with Crippen LogP contribution in [0.25, 0.3) is 0 Å². The van der Waals surface area contributed by atoms with Crippen molar-refractivity contribution in [2.75, 3.05) is 4.90 Å². The van der Waals surface area contributed by atoms with Crippen LogP contribution in [0.15, 0.2) is 90.0 Å². The Kier molecular flexibility index (Phi) is 6.81. The van der Waals surface area contributed by atoms with Crippen molar-refractivity contribution in [1.82, 2.24) is 10.7 Å². The lowest BCUT2D eigenvalue weighted by Gasteiger charge is -2.31. The molecular weight excluding hydrogens is 464 g/mol. The molecule has 0 bridgehead atoms. The summed E-state index contributed by atoms with van der Waals surface area (Å²) in [5.74, 6) is -3.45. The summed E-state index contributed by atoms with van der Waals surface area (Å²) < 4.78 is 0. The van der Waals surface area contributed by atoms with Crippen molar-refractivity contribution in [3.05, 3.63) is 102 Å². The van der Waals surface area contributed by atoms with Crippen LogP contribution in [0.3, 0.4) is 0 Å². The highest BCUT2D eigenvalue weighted by Crippen LogP contribution is 2.30. The number of aryl methyl sites for hydroxylation is 1. The lowest BCUT2D eigenvalue weighted by atomic mass is 9.85. The van der Waals surface area contributed by atoms with E-state index in [1.165, 1.54) is 4.90 Å². The molecule has 0 spiro atoms. The van der Waals surface area contributed by atoms with E-state index in [0.29, 0.717) is 16.8 Å². The molecule has 0 unspecified atom stereocenters. The minimum atomic E-state index is -2.05. The maximum absolute atomic E-state index is 13.1. The Morgan fingerprint density at radius 1 is 1.00 bits per heavy atom. The van der Waals surface area contributed by atoms with Crippen molar-refractivity contribution in [3.8, 4) is 0 Å². The van der Waals surface area contributed by atoms with Crippen LogP contribution in [-0.2, 0) is 20.0 Å². The van der Waals surface area contributed by atoms with E-state index in [4.69, 9.17) is 12.2 Å². The number of carbonyl (C=O) groups is 3. The first-order valence-electron chi connectivity index (χ1n) is 10.7. The van der Waals surface area contributed by atoms with E-state index >= 15 is 0 Å². The maximum Gasteiger partial charge on any atom is 0.281 e. The zero-order valence-electron chi connectivity index (χ0n) is 18.7. The van der Waals surface area contributed by atoms with E-state index in [-0.39, 0.29) is 5.11 Å². The predicted octanol–water partition coefficient (Wildman–Crippen LogP) is 2.40. The summed E-state index contributed by atoms with van der Waals surface area (Å²) in [6.07, 6.45) is 1.02. The van der Waals surface area contributed by atoms with Crippen molar-refractivity contribution >= 4 is 47.0 Å². The molecule has 176 valence electrons. The molecule has 1 aliphatic rings. The van der Waals surface area contributed by atoms with Gasteiger partial charge in [0.05, 0.1) is 5.69 Å². The molecule has 3 aromatic carbocycles. The average molecular weight is 487 g/mol.